The molecule has 0 atom stereocenters. The predicted octanol–water partition coefficient (Wildman–Crippen LogP) is 0.429. The number of aromatic nitrogens is 3. The fourth-order valence-electron chi connectivity index (χ4n) is 4.32. The van der Waals surface area contributed by atoms with E-state index in [-0.39, 0.29) is 16.8 Å². The number of fused-ring (bicyclic) bond motifs is 1. The normalized spacial score (nSPS) is 23.6. The van der Waals surface area contributed by atoms with Crippen LogP contribution in [0.25, 0.3) is 11.0 Å². The maximum Gasteiger partial charge on any atom is 0.225 e. The number of ether oxygens (including phenoxy) is 1. The maximum atomic E-state index is 11.6. The van der Waals surface area contributed by atoms with Crippen molar-refractivity contribution in [3.63, 3.8) is 0 Å². The molecule has 2 aromatic rings. The van der Waals surface area contributed by atoms with Gasteiger partial charge in [0.1, 0.15) is 5.52 Å². The lowest BCUT2D eigenvalue weighted by Gasteiger charge is -2.46. The van der Waals surface area contributed by atoms with Crippen LogP contribution in [0.1, 0.15) is 5.69 Å². The molecular weight excluding hydrogens is 428 g/mol. The quantitative estimate of drug-likeness (QED) is 0.612. The van der Waals surface area contributed by atoms with Crippen LogP contribution >= 0.6 is 11.6 Å². The Bertz CT molecular complexity index is 1030. The van der Waals surface area contributed by atoms with Gasteiger partial charge in [-0.2, -0.15) is 4.98 Å². The van der Waals surface area contributed by atoms with Crippen molar-refractivity contribution in [3.8, 4) is 0 Å². The van der Waals surface area contributed by atoms with Crippen LogP contribution in [0.3, 0.4) is 0 Å². The number of pyridine rings is 1. The van der Waals surface area contributed by atoms with Crippen molar-refractivity contribution >= 4 is 38.3 Å². The molecule has 30 heavy (non-hydrogen) atoms. The lowest BCUT2D eigenvalue weighted by Crippen LogP contribution is -2.61. The van der Waals surface area contributed by atoms with E-state index in [0.29, 0.717) is 32.3 Å². The van der Waals surface area contributed by atoms with E-state index in [2.05, 4.69) is 24.7 Å². The van der Waals surface area contributed by atoms with Crippen LogP contribution in [0.2, 0.25) is 5.28 Å². The molecule has 0 bridgehead atoms. The molecule has 3 aliphatic heterocycles. The number of hydrogen-bond acceptors (Lipinski definition) is 9. The maximum absolute atomic E-state index is 11.6. The molecule has 2 aromatic heterocycles. The Labute approximate surface area is 180 Å². The van der Waals surface area contributed by atoms with Crippen LogP contribution in [-0.2, 0) is 21.1 Å². The smallest absolute Gasteiger partial charge is 0.225 e. The van der Waals surface area contributed by atoms with E-state index in [1.165, 1.54) is 0 Å². The molecule has 0 N–H and O–H groups in total. The lowest BCUT2D eigenvalue weighted by atomic mass is 10.1. The molecule has 0 aliphatic carbocycles. The SMILES string of the molecule is O=S1(=O)CCN(C2CN(Cc3ccc4nc(Cl)nc(N5CCOCC5)c4n3)C2)CC1. The van der Waals surface area contributed by atoms with Gasteiger partial charge in [0.25, 0.3) is 0 Å². The second-order valence-corrected chi connectivity index (χ2v) is 10.8. The van der Waals surface area contributed by atoms with Crippen molar-refractivity contribution in [2.24, 2.45) is 0 Å². The molecule has 5 heterocycles. The first-order valence-electron chi connectivity index (χ1n) is 10.3. The summed E-state index contributed by atoms with van der Waals surface area (Å²) in [6.07, 6.45) is 0. The van der Waals surface area contributed by atoms with Gasteiger partial charge in [-0.3, -0.25) is 9.80 Å². The Hall–Kier alpha value is -1.59. The van der Waals surface area contributed by atoms with Crippen LogP contribution in [0, 0.1) is 0 Å². The molecule has 3 saturated heterocycles. The molecule has 0 spiro atoms. The standard InChI is InChI=1S/C19H25ClN6O3S/c20-19-22-16-2-1-14(21-17(16)18(23-19)26-3-7-29-8-4-26)11-24-12-15(13-24)25-5-9-30(27,28)10-6-25/h1-2,15H,3-13H2. The molecule has 9 nitrogen and oxygen atoms in total. The summed E-state index contributed by atoms with van der Waals surface area (Å²) in [5, 5.41) is 0.229. The first kappa shape index (κ1) is 20.3. The highest BCUT2D eigenvalue weighted by Gasteiger charge is 2.35. The zero-order valence-corrected chi connectivity index (χ0v) is 18.3. The molecule has 3 fully saturated rings. The summed E-state index contributed by atoms with van der Waals surface area (Å²) in [6.45, 7) is 6.77. The summed E-state index contributed by atoms with van der Waals surface area (Å²) in [4.78, 5) is 20.5. The average Bonchev–Trinajstić information content (AvgIpc) is 2.71. The third-order valence-electron chi connectivity index (χ3n) is 6.08. The zero-order valence-electron chi connectivity index (χ0n) is 16.7. The number of morpholine rings is 1. The molecule has 3 aliphatic rings. The predicted molar refractivity (Wildman–Crippen MR) is 115 cm³/mol. The summed E-state index contributed by atoms with van der Waals surface area (Å²) in [6, 6.07) is 4.39. The summed E-state index contributed by atoms with van der Waals surface area (Å²) in [5.74, 6) is 1.33. The Morgan fingerprint density at radius 1 is 1.03 bits per heavy atom. The van der Waals surface area contributed by atoms with Crippen molar-refractivity contribution in [3.05, 3.63) is 23.1 Å². The number of hydrogen-bond donors (Lipinski definition) is 0. The van der Waals surface area contributed by atoms with Crippen LogP contribution in [0.4, 0.5) is 5.82 Å². The molecule has 0 radical (unpaired) electrons. The van der Waals surface area contributed by atoms with Crippen molar-refractivity contribution in [2.45, 2.75) is 12.6 Å². The van der Waals surface area contributed by atoms with Crippen LogP contribution < -0.4 is 4.90 Å². The molecule has 162 valence electrons. The highest BCUT2D eigenvalue weighted by Crippen LogP contribution is 2.26. The Balaban J connectivity index is 1.27. The molecular formula is C19H25ClN6O3S. The minimum Gasteiger partial charge on any atom is -0.378 e. The zero-order chi connectivity index (χ0) is 20.7. The number of anilines is 1. The van der Waals surface area contributed by atoms with E-state index in [1.807, 2.05) is 12.1 Å². The Morgan fingerprint density at radius 2 is 1.77 bits per heavy atom. The molecule has 0 saturated carbocycles. The van der Waals surface area contributed by atoms with Crippen LogP contribution in [0.5, 0.6) is 0 Å². The first-order valence-corrected chi connectivity index (χ1v) is 12.5. The molecule has 11 heteroatoms. The molecule has 0 aromatic carbocycles. The van der Waals surface area contributed by atoms with Gasteiger partial charge in [0.15, 0.2) is 15.7 Å². The van der Waals surface area contributed by atoms with Gasteiger partial charge < -0.3 is 9.64 Å². The first-order chi connectivity index (χ1) is 14.5. The van der Waals surface area contributed by atoms with Gasteiger partial charge in [0, 0.05) is 51.9 Å². The summed E-state index contributed by atoms with van der Waals surface area (Å²) >= 11 is 6.15. The third kappa shape index (κ3) is 4.24. The highest BCUT2D eigenvalue weighted by atomic mass is 35.5. The molecule has 0 amide bonds. The van der Waals surface area contributed by atoms with Crippen molar-refractivity contribution in [1.29, 1.82) is 0 Å². The van der Waals surface area contributed by atoms with Crippen molar-refractivity contribution < 1.29 is 13.2 Å². The van der Waals surface area contributed by atoms with E-state index in [0.717, 1.165) is 55.3 Å². The van der Waals surface area contributed by atoms with E-state index in [9.17, 15) is 8.42 Å². The fourth-order valence-corrected chi connectivity index (χ4v) is 5.72. The number of nitrogens with zero attached hydrogens (tertiary/aromatic N) is 6. The minimum atomic E-state index is -2.83. The van der Waals surface area contributed by atoms with Crippen LogP contribution in [-0.4, -0.2) is 103 Å². The van der Waals surface area contributed by atoms with Gasteiger partial charge in [-0.1, -0.05) is 0 Å². The number of sulfone groups is 1. The van der Waals surface area contributed by atoms with Gasteiger partial charge in [-0.25, -0.2) is 18.4 Å². The van der Waals surface area contributed by atoms with Gasteiger partial charge in [0.05, 0.1) is 35.9 Å². The van der Waals surface area contributed by atoms with Crippen molar-refractivity contribution in [1.82, 2.24) is 24.8 Å². The average molecular weight is 453 g/mol. The highest BCUT2D eigenvalue weighted by molar-refractivity contribution is 7.91. The number of halogens is 1. The van der Waals surface area contributed by atoms with Gasteiger partial charge >= 0.3 is 0 Å². The summed E-state index contributed by atoms with van der Waals surface area (Å²) in [7, 11) is -2.83. The third-order valence-corrected chi connectivity index (χ3v) is 7.86. The summed E-state index contributed by atoms with van der Waals surface area (Å²) in [5.41, 5.74) is 2.50. The van der Waals surface area contributed by atoms with E-state index < -0.39 is 9.84 Å². The van der Waals surface area contributed by atoms with E-state index >= 15 is 0 Å². The monoisotopic (exact) mass is 452 g/mol. The Kier molecular flexibility index (Phi) is 5.53. The molecule has 0 unspecified atom stereocenters. The van der Waals surface area contributed by atoms with E-state index in [1.54, 1.807) is 0 Å². The second-order valence-electron chi connectivity index (χ2n) is 8.12. The Morgan fingerprint density at radius 3 is 2.50 bits per heavy atom. The van der Waals surface area contributed by atoms with Gasteiger partial charge in [-0.05, 0) is 23.7 Å². The largest absolute Gasteiger partial charge is 0.378 e. The summed E-state index contributed by atoms with van der Waals surface area (Å²) < 4.78 is 28.7. The number of rotatable bonds is 4. The van der Waals surface area contributed by atoms with Gasteiger partial charge in [0.2, 0.25) is 5.28 Å². The minimum absolute atomic E-state index is 0.229. The lowest BCUT2D eigenvalue weighted by molar-refractivity contribution is 0.0327. The second kappa shape index (κ2) is 8.16. The number of likely N-dealkylation sites (tertiary alicyclic amines) is 1. The van der Waals surface area contributed by atoms with E-state index in [4.69, 9.17) is 21.3 Å². The van der Waals surface area contributed by atoms with Crippen molar-refractivity contribution in [2.75, 3.05) is 68.9 Å². The van der Waals surface area contributed by atoms with Crippen LogP contribution in [0.15, 0.2) is 12.1 Å². The molecule has 5 rings (SSSR count). The topological polar surface area (TPSA) is 91.8 Å². The fraction of sp³-hybridized carbons (Fsp3) is 0.632. The van der Waals surface area contributed by atoms with Gasteiger partial charge in [-0.15, -0.1) is 0 Å².